The lowest BCUT2D eigenvalue weighted by atomic mass is 10.0. The highest BCUT2D eigenvalue weighted by atomic mass is 16.7. The van der Waals surface area contributed by atoms with E-state index in [2.05, 4.69) is 6.92 Å². The molecule has 358 valence electrons. The number of quaternary nitrogens is 1. The molecule has 0 radical (unpaired) electrons. The quantitative estimate of drug-likeness (QED) is 0.0272. The number of nitrogens with zero attached hydrogens (tertiary/aromatic N) is 1. The Bertz CT molecular complexity index is 894. The van der Waals surface area contributed by atoms with E-state index in [0.717, 1.165) is 19.3 Å². The van der Waals surface area contributed by atoms with Gasteiger partial charge in [0, 0.05) is 6.42 Å². The molecular weight excluding hydrogens is 751 g/mol. The van der Waals surface area contributed by atoms with Crippen molar-refractivity contribution in [3.05, 3.63) is 0 Å². The summed E-state index contributed by atoms with van der Waals surface area (Å²) < 4.78 is 16.2. The average molecular weight is 855 g/mol. The van der Waals surface area contributed by atoms with E-state index in [4.69, 9.17) is 14.2 Å². The number of aliphatic carboxylic acids is 1. The normalized spacial score (nSPS) is 12.9. The van der Waals surface area contributed by atoms with Crippen LogP contribution in [0.1, 0.15) is 264 Å². The number of hydrogen-bond donors (Lipinski definition) is 2. The number of aliphatic hydroxyl groups is 1. The minimum Gasteiger partial charge on any atom is -0.477 e. The Balaban J connectivity index is 3.28. The first kappa shape index (κ1) is 58.8. The molecule has 0 saturated carbocycles. The highest BCUT2D eigenvalue weighted by Crippen LogP contribution is 2.18. The van der Waals surface area contributed by atoms with Crippen LogP contribution in [0.25, 0.3) is 0 Å². The number of ether oxygens (including phenoxy) is 3. The monoisotopic (exact) mass is 855 g/mol. The maximum absolute atomic E-state index is 12.0. The number of carbonyl (C=O) groups excluding carboxylic acids is 1. The van der Waals surface area contributed by atoms with Gasteiger partial charge in [-0.2, -0.15) is 0 Å². The van der Waals surface area contributed by atoms with E-state index < -0.39 is 18.4 Å². The van der Waals surface area contributed by atoms with E-state index >= 15 is 0 Å². The van der Waals surface area contributed by atoms with E-state index in [0.29, 0.717) is 17.4 Å². The van der Waals surface area contributed by atoms with Crippen molar-refractivity contribution in [3.8, 4) is 0 Å². The molecule has 0 aromatic heterocycles. The second kappa shape index (κ2) is 45.8. The fourth-order valence-corrected chi connectivity index (χ4v) is 8.02. The van der Waals surface area contributed by atoms with Gasteiger partial charge in [-0.1, -0.05) is 251 Å². The molecule has 0 bridgehead atoms. The molecule has 8 heteroatoms. The average Bonchev–Trinajstić information content (AvgIpc) is 3.21. The molecule has 0 saturated heterocycles. The molecule has 0 spiro atoms. The van der Waals surface area contributed by atoms with E-state index in [1.165, 1.54) is 231 Å². The Hall–Kier alpha value is -1.22. The summed E-state index contributed by atoms with van der Waals surface area (Å²) in [5, 5.41) is 19.3. The van der Waals surface area contributed by atoms with E-state index in [1.54, 1.807) is 0 Å². The van der Waals surface area contributed by atoms with Crippen LogP contribution in [0.5, 0.6) is 0 Å². The molecule has 2 N–H and O–H groups in total. The van der Waals surface area contributed by atoms with Crippen LogP contribution >= 0.6 is 0 Å². The first-order valence-corrected chi connectivity index (χ1v) is 26.3. The maximum Gasteiger partial charge on any atom is 0.361 e. The summed E-state index contributed by atoms with van der Waals surface area (Å²) >= 11 is 0. The number of unbranched alkanes of at least 4 members (excludes halogenated alkanes) is 38. The van der Waals surface area contributed by atoms with Gasteiger partial charge in [-0.15, -0.1) is 0 Å². The highest BCUT2D eigenvalue weighted by Gasteiger charge is 2.22. The summed E-state index contributed by atoms with van der Waals surface area (Å²) in [4.78, 5) is 23.4. The molecule has 0 heterocycles. The van der Waals surface area contributed by atoms with E-state index in [-0.39, 0.29) is 25.8 Å². The number of likely N-dealkylation sites (N-methyl/N-ethyl adjacent to an activating group) is 1. The van der Waals surface area contributed by atoms with Crippen LogP contribution in [0.2, 0.25) is 0 Å². The topological polar surface area (TPSA) is 102 Å². The van der Waals surface area contributed by atoms with Crippen molar-refractivity contribution >= 4 is 11.9 Å². The largest absolute Gasteiger partial charge is 0.477 e. The molecule has 0 aliphatic carbocycles. The summed E-state index contributed by atoms with van der Waals surface area (Å²) in [7, 11) is 5.93. The molecule has 8 nitrogen and oxygen atoms in total. The predicted octanol–water partition coefficient (Wildman–Crippen LogP) is 14.7. The molecule has 0 aromatic rings. The molecule has 0 aromatic carbocycles. The second-order valence-electron chi connectivity index (χ2n) is 19.4. The van der Waals surface area contributed by atoms with Crippen molar-refractivity contribution in [2.75, 3.05) is 47.5 Å². The van der Waals surface area contributed by atoms with Gasteiger partial charge < -0.3 is 28.9 Å². The van der Waals surface area contributed by atoms with Crippen molar-refractivity contribution in [2.24, 2.45) is 0 Å². The molecule has 0 amide bonds. The SMILES string of the molecule is CCCCCCCCCCCCCCCCCCCCCCCCCCCCCCCCCCCCCCCCCC(=O)OCC(O)COC(OCC[N+](C)(C)C)C(=O)O. The van der Waals surface area contributed by atoms with Gasteiger partial charge >= 0.3 is 11.9 Å². The summed E-state index contributed by atoms with van der Waals surface area (Å²) in [6.45, 7) is 2.63. The van der Waals surface area contributed by atoms with E-state index in [9.17, 15) is 19.8 Å². The van der Waals surface area contributed by atoms with Crippen LogP contribution in [-0.4, -0.2) is 86.5 Å². The van der Waals surface area contributed by atoms with Crippen LogP contribution < -0.4 is 0 Å². The first-order valence-electron chi connectivity index (χ1n) is 26.3. The van der Waals surface area contributed by atoms with Crippen LogP contribution in [0, 0.1) is 0 Å². The highest BCUT2D eigenvalue weighted by molar-refractivity contribution is 5.70. The van der Waals surface area contributed by atoms with Crippen molar-refractivity contribution in [2.45, 2.75) is 276 Å². The van der Waals surface area contributed by atoms with Gasteiger partial charge in [-0.25, -0.2) is 4.79 Å². The molecule has 2 atom stereocenters. The van der Waals surface area contributed by atoms with Gasteiger partial charge in [0.05, 0.1) is 34.4 Å². The molecule has 0 aliphatic heterocycles. The van der Waals surface area contributed by atoms with Crippen LogP contribution in [0.15, 0.2) is 0 Å². The van der Waals surface area contributed by atoms with Gasteiger partial charge in [0.25, 0.3) is 6.29 Å². The standard InChI is InChI=1S/C52H103NO7/c1-5-6-7-8-9-10-11-12-13-14-15-16-17-18-19-20-21-22-23-24-25-26-27-28-29-30-31-32-33-34-35-36-37-38-39-40-41-42-43-44-50(55)59-47-49(54)48-60-52(51(56)57)58-46-45-53(2,3)4/h49,52,54H,5-48H2,1-4H3/p+1. The number of carbonyl (C=O) groups is 2. The molecule has 60 heavy (non-hydrogen) atoms. The van der Waals surface area contributed by atoms with Crippen LogP contribution in [-0.2, 0) is 23.8 Å². The number of rotatable bonds is 50. The Morgan fingerprint density at radius 1 is 0.433 bits per heavy atom. The zero-order valence-corrected chi connectivity index (χ0v) is 40.7. The molecule has 0 rings (SSSR count). The van der Waals surface area contributed by atoms with Crippen molar-refractivity contribution < 1.29 is 38.5 Å². The van der Waals surface area contributed by atoms with Crippen LogP contribution in [0.4, 0.5) is 0 Å². The van der Waals surface area contributed by atoms with Gasteiger partial charge in [0.2, 0.25) is 0 Å². The summed E-state index contributed by atoms with van der Waals surface area (Å²) in [5.41, 5.74) is 0. The predicted molar refractivity (Wildman–Crippen MR) is 254 cm³/mol. The lowest BCUT2D eigenvalue weighted by Crippen LogP contribution is -2.40. The minimum atomic E-state index is -1.46. The van der Waals surface area contributed by atoms with Gasteiger partial charge in [0.15, 0.2) is 0 Å². The Labute approximate surface area is 373 Å². The Kier molecular flexibility index (Phi) is 44.9. The lowest BCUT2D eigenvalue weighted by molar-refractivity contribution is -0.870. The summed E-state index contributed by atoms with van der Waals surface area (Å²) in [6, 6.07) is 0. The van der Waals surface area contributed by atoms with Crippen molar-refractivity contribution in [3.63, 3.8) is 0 Å². The fraction of sp³-hybridized carbons (Fsp3) is 0.962. The van der Waals surface area contributed by atoms with Gasteiger partial charge in [-0.3, -0.25) is 4.79 Å². The van der Waals surface area contributed by atoms with Gasteiger partial charge in [-0.05, 0) is 6.42 Å². The maximum atomic E-state index is 12.0. The number of carboxylic acids is 1. The van der Waals surface area contributed by atoms with Crippen molar-refractivity contribution in [1.29, 1.82) is 0 Å². The van der Waals surface area contributed by atoms with Crippen molar-refractivity contribution in [1.82, 2.24) is 0 Å². The smallest absolute Gasteiger partial charge is 0.361 e. The molecular formula is C52H104NO7+. The van der Waals surface area contributed by atoms with Crippen LogP contribution in [0.3, 0.4) is 0 Å². The number of hydrogen-bond acceptors (Lipinski definition) is 6. The van der Waals surface area contributed by atoms with E-state index in [1.807, 2.05) is 21.1 Å². The summed E-state index contributed by atoms with van der Waals surface area (Å²) in [5.74, 6) is -1.59. The number of aliphatic hydroxyl groups excluding tert-OH is 1. The zero-order valence-electron chi connectivity index (χ0n) is 40.7. The minimum absolute atomic E-state index is 0.214. The second-order valence-corrected chi connectivity index (χ2v) is 19.4. The third-order valence-electron chi connectivity index (χ3n) is 12.1. The first-order chi connectivity index (χ1) is 29.2. The molecule has 2 unspecified atom stereocenters. The van der Waals surface area contributed by atoms with Gasteiger partial charge in [0.1, 0.15) is 19.3 Å². The molecule has 0 fully saturated rings. The third-order valence-corrected chi connectivity index (χ3v) is 12.1. The molecule has 0 aliphatic rings. The summed E-state index contributed by atoms with van der Waals surface area (Å²) in [6.07, 6.45) is 52.2. The Morgan fingerprint density at radius 3 is 0.983 bits per heavy atom. The zero-order chi connectivity index (χ0) is 44.0. The fourth-order valence-electron chi connectivity index (χ4n) is 8.02. The lowest BCUT2D eigenvalue weighted by Gasteiger charge is -2.24. The number of carboxylic acid groups (broad SMARTS) is 1. The Morgan fingerprint density at radius 2 is 0.717 bits per heavy atom. The third kappa shape index (κ3) is 47.8. The number of esters is 1.